The Labute approximate surface area is 188 Å². The van der Waals surface area contributed by atoms with Crippen molar-refractivity contribution in [3.63, 3.8) is 0 Å². The summed E-state index contributed by atoms with van der Waals surface area (Å²) in [6.07, 6.45) is -1.60. The maximum absolute atomic E-state index is 13.5. The molecule has 0 saturated carbocycles. The Morgan fingerprint density at radius 2 is 1.91 bits per heavy atom. The number of carbonyl (C=O) groups is 1. The number of alkyl halides is 3. The van der Waals surface area contributed by atoms with Crippen molar-refractivity contribution in [1.82, 2.24) is 19.7 Å². The highest BCUT2D eigenvalue weighted by molar-refractivity contribution is 6.05. The zero-order valence-electron chi connectivity index (χ0n) is 18.2. The Morgan fingerprint density at radius 3 is 2.55 bits per heavy atom. The summed E-state index contributed by atoms with van der Waals surface area (Å²) in [5, 5.41) is 9.97. The lowest BCUT2D eigenvalue weighted by Crippen LogP contribution is -2.15. The van der Waals surface area contributed by atoms with Gasteiger partial charge in [-0.05, 0) is 49.2 Å². The van der Waals surface area contributed by atoms with Gasteiger partial charge in [0, 0.05) is 34.4 Å². The van der Waals surface area contributed by atoms with Gasteiger partial charge in [0.15, 0.2) is 0 Å². The molecule has 0 aliphatic rings. The molecule has 0 fully saturated rings. The van der Waals surface area contributed by atoms with Crippen LogP contribution >= 0.6 is 0 Å². The second-order valence-corrected chi connectivity index (χ2v) is 8.09. The van der Waals surface area contributed by atoms with Crippen molar-refractivity contribution in [3.8, 4) is 16.9 Å². The number of imidazole rings is 1. The molecule has 0 atom stereocenters. The molecule has 9 heteroatoms. The summed E-state index contributed by atoms with van der Waals surface area (Å²) < 4.78 is 41.9. The van der Waals surface area contributed by atoms with Gasteiger partial charge in [0.2, 0.25) is 0 Å². The van der Waals surface area contributed by atoms with Gasteiger partial charge < -0.3 is 9.88 Å². The molecule has 0 saturated heterocycles. The van der Waals surface area contributed by atoms with Crippen molar-refractivity contribution < 1.29 is 18.0 Å². The number of H-pyrrole nitrogens is 1. The van der Waals surface area contributed by atoms with Gasteiger partial charge in [-0.15, -0.1) is 0 Å². The molecule has 6 nitrogen and oxygen atoms in total. The molecule has 0 bridgehead atoms. The molecular formula is C24H22F3N5O. The lowest BCUT2D eigenvalue weighted by molar-refractivity contribution is -0.137. The fourth-order valence-electron chi connectivity index (χ4n) is 3.36. The SMILES string of the molecule is Cc1cn(-c2cc(C(=O)Nc3cccc(-c4cc(C(C)C)[nH]n4)c3)cc(C(F)(F)F)c2)cn1. The molecule has 2 aromatic carbocycles. The number of hydrogen-bond donors (Lipinski definition) is 2. The second kappa shape index (κ2) is 8.57. The normalized spacial score (nSPS) is 11.7. The van der Waals surface area contributed by atoms with Gasteiger partial charge in [0.1, 0.15) is 0 Å². The van der Waals surface area contributed by atoms with E-state index in [1.165, 1.54) is 17.0 Å². The molecule has 4 rings (SSSR count). The van der Waals surface area contributed by atoms with Crippen molar-refractivity contribution in [1.29, 1.82) is 0 Å². The number of anilines is 1. The summed E-state index contributed by atoms with van der Waals surface area (Å²) in [4.78, 5) is 16.9. The molecule has 0 spiro atoms. The Hall–Kier alpha value is -3.88. The summed E-state index contributed by atoms with van der Waals surface area (Å²) in [6.45, 7) is 5.82. The van der Waals surface area contributed by atoms with Crippen molar-refractivity contribution in [2.45, 2.75) is 32.9 Å². The number of benzene rings is 2. The first kappa shape index (κ1) is 22.3. The molecule has 0 aliphatic carbocycles. The summed E-state index contributed by atoms with van der Waals surface area (Å²) >= 11 is 0. The molecule has 2 N–H and O–H groups in total. The smallest absolute Gasteiger partial charge is 0.322 e. The minimum atomic E-state index is -4.60. The van der Waals surface area contributed by atoms with E-state index in [4.69, 9.17) is 0 Å². The summed E-state index contributed by atoms with van der Waals surface area (Å²) in [5.74, 6) is -0.371. The van der Waals surface area contributed by atoms with Crippen LogP contribution in [0.3, 0.4) is 0 Å². The zero-order valence-corrected chi connectivity index (χ0v) is 18.2. The maximum atomic E-state index is 13.5. The van der Waals surface area contributed by atoms with Gasteiger partial charge >= 0.3 is 6.18 Å². The van der Waals surface area contributed by atoms with E-state index in [0.717, 1.165) is 23.4 Å². The number of nitrogens with zero attached hydrogens (tertiary/aromatic N) is 3. The highest BCUT2D eigenvalue weighted by atomic mass is 19.4. The van der Waals surface area contributed by atoms with E-state index >= 15 is 0 Å². The second-order valence-electron chi connectivity index (χ2n) is 8.09. The summed E-state index contributed by atoms with van der Waals surface area (Å²) in [7, 11) is 0. The van der Waals surface area contributed by atoms with Crippen LogP contribution in [0, 0.1) is 6.92 Å². The molecular weight excluding hydrogens is 431 g/mol. The number of rotatable bonds is 5. The van der Waals surface area contributed by atoms with E-state index in [1.807, 2.05) is 26.0 Å². The van der Waals surface area contributed by atoms with Crippen LogP contribution < -0.4 is 5.32 Å². The average Bonchev–Trinajstić information content (AvgIpc) is 3.42. The molecule has 1 amide bonds. The van der Waals surface area contributed by atoms with E-state index in [2.05, 4.69) is 20.5 Å². The molecule has 33 heavy (non-hydrogen) atoms. The average molecular weight is 453 g/mol. The lowest BCUT2D eigenvalue weighted by atomic mass is 10.1. The van der Waals surface area contributed by atoms with Crippen LogP contribution in [-0.2, 0) is 6.18 Å². The van der Waals surface area contributed by atoms with Gasteiger partial charge in [-0.3, -0.25) is 9.89 Å². The van der Waals surface area contributed by atoms with Crippen LogP contribution in [0.4, 0.5) is 18.9 Å². The van der Waals surface area contributed by atoms with E-state index < -0.39 is 17.6 Å². The van der Waals surface area contributed by atoms with Gasteiger partial charge in [0.05, 0.1) is 23.3 Å². The van der Waals surface area contributed by atoms with Crippen LogP contribution in [0.2, 0.25) is 0 Å². The van der Waals surface area contributed by atoms with Gasteiger partial charge in [-0.1, -0.05) is 26.0 Å². The molecule has 0 radical (unpaired) electrons. The largest absolute Gasteiger partial charge is 0.416 e. The van der Waals surface area contributed by atoms with Gasteiger partial charge in [-0.2, -0.15) is 18.3 Å². The quantitative estimate of drug-likeness (QED) is 0.391. The number of nitrogens with one attached hydrogen (secondary N) is 2. The topological polar surface area (TPSA) is 75.6 Å². The fraction of sp³-hybridized carbons (Fsp3) is 0.208. The number of carbonyl (C=O) groups excluding carboxylic acids is 1. The van der Waals surface area contributed by atoms with Gasteiger partial charge in [0.25, 0.3) is 5.91 Å². The first-order valence-electron chi connectivity index (χ1n) is 10.3. The first-order chi connectivity index (χ1) is 15.6. The van der Waals surface area contributed by atoms with Crippen molar-refractivity contribution >= 4 is 11.6 Å². The van der Waals surface area contributed by atoms with Crippen LogP contribution in [0.15, 0.2) is 61.1 Å². The fourth-order valence-corrected chi connectivity index (χ4v) is 3.36. The Kier molecular flexibility index (Phi) is 5.80. The van der Waals surface area contributed by atoms with E-state index in [0.29, 0.717) is 17.1 Å². The van der Waals surface area contributed by atoms with Gasteiger partial charge in [-0.25, -0.2) is 4.98 Å². The predicted octanol–water partition coefficient (Wildman–Crippen LogP) is 5.97. The molecule has 0 aliphatic heterocycles. The Morgan fingerprint density at radius 1 is 1.12 bits per heavy atom. The van der Waals surface area contributed by atoms with Crippen molar-refractivity contribution in [2.75, 3.05) is 5.32 Å². The third kappa shape index (κ3) is 4.97. The third-order valence-electron chi connectivity index (χ3n) is 5.15. The predicted molar refractivity (Wildman–Crippen MR) is 119 cm³/mol. The van der Waals surface area contributed by atoms with Crippen LogP contribution in [0.1, 0.15) is 47.1 Å². The monoisotopic (exact) mass is 453 g/mol. The van der Waals surface area contributed by atoms with Crippen LogP contribution in [0.25, 0.3) is 16.9 Å². The lowest BCUT2D eigenvalue weighted by Gasteiger charge is -2.13. The number of halogens is 3. The maximum Gasteiger partial charge on any atom is 0.416 e. The summed E-state index contributed by atoms with van der Waals surface area (Å²) in [5.41, 5.74) is 2.73. The van der Waals surface area contributed by atoms with Crippen molar-refractivity contribution in [2.24, 2.45) is 0 Å². The minimum Gasteiger partial charge on any atom is -0.322 e. The first-order valence-corrected chi connectivity index (χ1v) is 10.3. The van der Waals surface area contributed by atoms with E-state index in [1.54, 1.807) is 31.3 Å². The highest BCUT2D eigenvalue weighted by Crippen LogP contribution is 2.32. The minimum absolute atomic E-state index is 0.113. The number of hydrogen-bond acceptors (Lipinski definition) is 3. The number of amides is 1. The Balaban J connectivity index is 1.64. The zero-order chi connectivity index (χ0) is 23.8. The number of aryl methyl sites for hydroxylation is 1. The van der Waals surface area contributed by atoms with E-state index in [9.17, 15) is 18.0 Å². The van der Waals surface area contributed by atoms with Crippen molar-refractivity contribution in [3.05, 3.63) is 83.6 Å². The highest BCUT2D eigenvalue weighted by Gasteiger charge is 2.32. The van der Waals surface area contributed by atoms with E-state index in [-0.39, 0.29) is 17.2 Å². The van der Waals surface area contributed by atoms with Crippen LogP contribution in [0.5, 0.6) is 0 Å². The third-order valence-corrected chi connectivity index (χ3v) is 5.15. The molecule has 0 unspecified atom stereocenters. The Bertz CT molecular complexity index is 1300. The standard InChI is InChI=1S/C24H22F3N5O/c1-14(2)21-11-22(31-30-21)16-5-4-6-19(8-16)29-23(33)17-7-18(24(25,26)27)10-20(9-17)32-12-15(3)28-13-32/h4-14H,1-3H3,(H,29,33)(H,30,31). The molecule has 170 valence electrons. The molecule has 2 aromatic heterocycles. The molecule has 2 heterocycles. The number of aromatic nitrogens is 4. The molecule has 4 aromatic rings. The summed E-state index contributed by atoms with van der Waals surface area (Å²) in [6, 6.07) is 12.2. The van der Waals surface area contributed by atoms with Crippen LogP contribution in [-0.4, -0.2) is 25.7 Å². The number of aromatic amines is 1.